The molecule has 0 aliphatic carbocycles. The molecule has 0 saturated carbocycles. The first-order valence-electron chi connectivity index (χ1n) is 6.27. The first-order chi connectivity index (χ1) is 9.83. The zero-order valence-corrected chi connectivity index (χ0v) is 12.8. The summed E-state index contributed by atoms with van der Waals surface area (Å²) in [6.45, 7) is 0.640. The van der Waals surface area contributed by atoms with Gasteiger partial charge in [-0.2, -0.15) is 15.4 Å². The molecule has 100 valence electrons. The Bertz CT molecular complexity index is 677. The van der Waals surface area contributed by atoms with E-state index in [4.69, 9.17) is 0 Å². The molecule has 2 aromatic carbocycles. The van der Waals surface area contributed by atoms with E-state index in [1.54, 1.807) is 0 Å². The van der Waals surface area contributed by atoms with Gasteiger partial charge in [0.05, 0.1) is 6.54 Å². The molecule has 0 amide bonds. The van der Waals surface area contributed by atoms with Gasteiger partial charge >= 0.3 is 0 Å². The van der Waals surface area contributed by atoms with Crippen LogP contribution in [0.15, 0.2) is 54.6 Å². The van der Waals surface area contributed by atoms with Crippen molar-refractivity contribution in [2.24, 2.45) is 0 Å². The number of aromatic amines is 1. The Labute approximate surface area is 130 Å². The van der Waals surface area contributed by atoms with Crippen molar-refractivity contribution in [3.8, 4) is 11.3 Å². The number of H-pyrrole nitrogens is 1. The van der Waals surface area contributed by atoms with Gasteiger partial charge in [-0.25, -0.2) is 0 Å². The SMILES string of the molecule is Ic1ccc(NCc2n[nH]nc2-c2ccccc2)cc1. The van der Waals surface area contributed by atoms with Gasteiger partial charge in [-0.3, -0.25) is 0 Å². The summed E-state index contributed by atoms with van der Waals surface area (Å²) in [5, 5.41) is 14.5. The van der Waals surface area contributed by atoms with Crippen LogP contribution in [-0.4, -0.2) is 15.4 Å². The maximum Gasteiger partial charge on any atom is 0.117 e. The molecule has 0 aliphatic rings. The minimum Gasteiger partial charge on any atom is -0.379 e. The van der Waals surface area contributed by atoms with E-state index in [1.165, 1.54) is 3.57 Å². The molecule has 0 bridgehead atoms. The second-order valence-electron chi connectivity index (χ2n) is 4.35. The largest absolute Gasteiger partial charge is 0.379 e. The van der Waals surface area contributed by atoms with Crippen LogP contribution in [0.3, 0.4) is 0 Å². The average Bonchev–Trinajstić information content (AvgIpc) is 2.96. The van der Waals surface area contributed by atoms with E-state index in [0.717, 1.165) is 22.6 Å². The predicted octanol–water partition coefficient (Wildman–Crippen LogP) is 3.69. The molecular formula is C15H13IN4. The summed E-state index contributed by atoms with van der Waals surface area (Å²) in [4.78, 5) is 0. The number of hydrogen-bond acceptors (Lipinski definition) is 3. The summed E-state index contributed by atoms with van der Waals surface area (Å²) in [5.74, 6) is 0. The fraction of sp³-hybridized carbons (Fsp3) is 0.0667. The number of halogens is 1. The number of aromatic nitrogens is 3. The lowest BCUT2D eigenvalue weighted by molar-refractivity contribution is 0.911. The van der Waals surface area contributed by atoms with Crippen molar-refractivity contribution in [2.45, 2.75) is 6.54 Å². The molecule has 3 aromatic rings. The van der Waals surface area contributed by atoms with Gasteiger partial charge in [0.15, 0.2) is 0 Å². The van der Waals surface area contributed by atoms with Crippen LogP contribution in [0.5, 0.6) is 0 Å². The lowest BCUT2D eigenvalue weighted by atomic mass is 10.1. The van der Waals surface area contributed by atoms with Crippen LogP contribution >= 0.6 is 22.6 Å². The van der Waals surface area contributed by atoms with E-state index in [0.29, 0.717) is 6.54 Å². The first-order valence-corrected chi connectivity index (χ1v) is 7.35. The fourth-order valence-corrected chi connectivity index (χ4v) is 2.32. The Morgan fingerprint density at radius 3 is 2.45 bits per heavy atom. The van der Waals surface area contributed by atoms with Crippen LogP contribution in [0.2, 0.25) is 0 Å². The van der Waals surface area contributed by atoms with Gasteiger partial charge in [-0.05, 0) is 46.9 Å². The van der Waals surface area contributed by atoms with E-state index in [2.05, 4.69) is 67.6 Å². The molecule has 1 heterocycles. The molecule has 0 radical (unpaired) electrons. The highest BCUT2D eigenvalue weighted by atomic mass is 127. The van der Waals surface area contributed by atoms with Crippen molar-refractivity contribution in [3.63, 3.8) is 0 Å². The normalized spacial score (nSPS) is 10.4. The van der Waals surface area contributed by atoms with Crippen LogP contribution in [-0.2, 0) is 6.54 Å². The zero-order valence-electron chi connectivity index (χ0n) is 10.7. The molecule has 0 saturated heterocycles. The molecule has 20 heavy (non-hydrogen) atoms. The van der Waals surface area contributed by atoms with Crippen LogP contribution in [0.4, 0.5) is 5.69 Å². The first kappa shape index (κ1) is 13.1. The van der Waals surface area contributed by atoms with E-state index in [1.807, 2.05) is 30.3 Å². The maximum absolute atomic E-state index is 4.24. The summed E-state index contributed by atoms with van der Waals surface area (Å²) < 4.78 is 1.22. The van der Waals surface area contributed by atoms with Gasteiger partial charge in [-0.15, -0.1) is 0 Å². The summed E-state index contributed by atoms with van der Waals surface area (Å²) in [6.07, 6.45) is 0. The molecule has 2 N–H and O–H groups in total. The Hall–Kier alpha value is -1.89. The monoisotopic (exact) mass is 376 g/mol. The predicted molar refractivity (Wildman–Crippen MR) is 88.3 cm³/mol. The van der Waals surface area contributed by atoms with Crippen molar-refractivity contribution in [1.82, 2.24) is 15.4 Å². The topological polar surface area (TPSA) is 53.6 Å². The van der Waals surface area contributed by atoms with E-state index in [-0.39, 0.29) is 0 Å². The van der Waals surface area contributed by atoms with E-state index >= 15 is 0 Å². The maximum atomic E-state index is 4.24. The molecule has 0 atom stereocenters. The lowest BCUT2D eigenvalue weighted by Crippen LogP contribution is -2.01. The van der Waals surface area contributed by atoms with Crippen molar-refractivity contribution in [2.75, 3.05) is 5.32 Å². The summed E-state index contributed by atoms with van der Waals surface area (Å²) in [7, 11) is 0. The highest BCUT2D eigenvalue weighted by Crippen LogP contribution is 2.20. The van der Waals surface area contributed by atoms with Crippen molar-refractivity contribution in [1.29, 1.82) is 0 Å². The summed E-state index contributed by atoms with van der Waals surface area (Å²) >= 11 is 2.29. The molecule has 0 aliphatic heterocycles. The van der Waals surface area contributed by atoms with Gasteiger partial charge < -0.3 is 5.32 Å². The Kier molecular flexibility index (Phi) is 3.96. The third-order valence-corrected chi connectivity index (χ3v) is 3.69. The van der Waals surface area contributed by atoms with E-state index < -0.39 is 0 Å². The van der Waals surface area contributed by atoms with Gasteiger partial charge in [0.2, 0.25) is 0 Å². The quantitative estimate of drug-likeness (QED) is 0.683. The molecule has 0 fully saturated rings. The third kappa shape index (κ3) is 2.98. The second kappa shape index (κ2) is 6.04. The highest BCUT2D eigenvalue weighted by molar-refractivity contribution is 14.1. The molecule has 3 rings (SSSR count). The molecule has 0 unspecified atom stereocenters. The number of nitrogens with one attached hydrogen (secondary N) is 2. The van der Waals surface area contributed by atoms with Crippen molar-refractivity contribution in [3.05, 3.63) is 63.9 Å². The third-order valence-electron chi connectivity index (χ3n) is 2.97. The van der Waals surface area contributed by atoms with Gasteiger partial charge in [0, 0.05) is 14.8 Å². The second-order valence-corrected chi connectivity index (χ2v) is 5.59. The summed E-state index contributed by atoms with van der Waals surface area (Å²) in [5.41, 5.74) is 3.95. The molecule has 1 aromatic heterocycles. The number of hydrogen-bond donors (Lipinski definition) is 2. The highest BCUT2D eigenvalue weighted by Gasteiger charge is 2.09. The molecule has 4 nitrogen and oxygen atoms in total. The van der Waals surface area contributed by atoms with Crippen molar-refractivity contribution < 1.29 is 0 Å². The number of rotatable bonds is 4. The minimum absolute atomic E-state index is 0.640. The van der Waals surface area contributed by atoms with Crippen LogP contribution in [0.1, 0.15) is 5.69 Å². The molecular weight excluding hydrogens is 363 g/mol. The lowest BCUT2D eigenvalue weighted by Gasteiger charge is -2.05. The zero-order chi connectivity index (χ0) is 13.8. The standard InChI is InChI=1S/C15H13IN4/c16-12-6-8-13(9-7-12)17-10-14-15(19-20-18-14)11-4-2-1-3-5-11/h1-9,17H,10H2,(H,18,19,20). The van der Waals surface area contributed by atoms with Gasteiger partial charge in [-0.1, -0.05) is 30.3 Å². The van der Waals surface area contributed by atoms with Crippen LogP contribution < -0.4 is 5.32 Å². The van der Waals surface area contributed by atoms with Crippen molar-refractivity contribution >= 4 is 28.3 Å². The number of nitrogens with zero attached hydrogens (tertiary/aromatic N) is 2. The Balaban J connectivity index is 1.76. The van der Waals surface area contributed by atoms with Gasteiger partial charge in [0.25, 0.3) is 0 Å². The smallest absolute Gasteiger partial charge is 0.117 e. The average molecular weight is 376 g/mol. The Morgan fingerprint density at radius 1 is 0.950 bits per heavy atom. The van der Waals surface area contributed by atoms with Gasteiger partial charge in [0.1, 0.15) is 11.4 Å². The van der Waals surface area contributed by atoms with Crippen LogP contribution in [0, 0.1) is 3.57 Å². The van der Waals surface area contributed by atoms with E-state index in [9.17, 15) is 0 Å². The molecule has 0 spiro atoms. The summed E-state index contributed by atoms with van der Waals surface area (Å²) in [6, 6.07) is 18.3. The molecule has 5 heteroatoms. The minimum atomic E-state index is 0.640. The number of benzene rings is 2. The number of anilines is 1. The fourth-order valence-electron chi connectivity index (χ4n) is 1.96. The van der Waals surface area contributed by atoms with Crippen LogP contribution in [0.25, 0.3) is 11.3 Å². The Morgan fingerprint density at radius 2 is 1.70 bits per heavy atom.